The fourth-order valence-electron chi connectivity index (χ4n) is 1.73. The summed E-state index contributed by atoms with van der Waals surface area (Å²) in [5, 5.41) is 6.62. The number of nitrogens with zero attached hydrogens (tertiary/aromatic N) is 2. The van der Waals surface area contributed by atoms with Crippen molar-refractivity contribution in [2.45, 2.75) is 32.4 Å². The fourth-order valence-corrected chi connectivity index (χ4v) is 1.73. The lowest BCUT2D eigenvalue weighted by Gasteiger charge is -2.28. The molecule has 2 heterocycles. The Morgan fingerprint density at radius 3 is 3.00 bits per heavy atom. The molecule has 1 fully saturated rings. The first kappa shape index (κ1) is 10.8. The highest BCUT2D eigenvalue weighted by atomic mass is 16.2. The van der Waals surface area contributed by atoms with Crippen LogP contribution in [0.4, 0.5) is 0 Å². The van der Waals surface area contributed by atoms with Gasteiger partial charge in [0.2, 0.25) is 11.8 Å². The van der Waals surface area contributed by atoms with E-state index in [0.29, 0.717) is 12.8 Å². The number of amides is 2. The molecule has 2 amide bonds. The number of aromatic nitrogens is 2. The highest BCUT2D eigenvalue weighted by Crippen LogP contribution is 2.16. The molecule has 0 saturated carbocycles. The SMILES string of the molecule is Cc1[nH]ncc1CN1C(=O)CC[C@H](N)C1=O. The molecule has 1 aliphatic rings. The number of piperidine rings is 1. The topological polar surface area (TPSA) is 92.1 Å². The van der Waals surface area contributed by atoms with Crippen LogP contribution in [0.25, 0.3) is 0 Å². The summed E-state index contributed by atoms with van der Waals surface area (Å²) in [6.07, 6.45) is 2.40. The molecule has 6 nitrogen and oxygen atoms in total. The number of aryl methyl sites for hydroxylation is 1. The fraction of sp³-hybridized carbons (Fsp3) is 0.500. The molecule has 1 aromatic heterocycles. The van der Waals surface area contributed by atoms with Crippen molar-refractivity contribution < 1.29 is 9.59 Å². The van der Waals surface area contributed by atoms with E-state index in [1.165, 1.54) is 4.90 Å². The third-order valence-corrected chi connectivity index (χ3v) is 2.82. The van der Waals surface area contributed by atoms with Crippen molar-refractivity contribution in [1.82, 2.24) is 15.1 Å². The number of hydrogen-bond donors (Lipinski definition) is 2. The van der Waals surface area contributed by atoms with Crippen LogP contribution in [0.2, 0.25) is 0 Å². The molecule has 0 aliphatic carbocycles. The zero-order valence-corrected chi connectivity index (χ0v) is 9.06. The molecule has 1 aliphatic heterocycles. The van der Waals surface area contributed by atoms with E-state index in [0.717, 1.165) is 11.3 Å². The van der Waals surface area contributed by atoms with Gasteiger partial charge in [-0.2, -0.15) is 5.10 Å². The van der Waals surface area contributed by atoms with Crippen LogP contribution in [0.15, 0.2) is 6.20 Å². The largest absolute Gasteiger partial charge is 0.320 e. The second-order valence-electron chi connectivity index (χ2n) is 3.98. The highest BCUT2D eigenvalue weighted by Gasteiger charge is 2.32. The van der Waals surface area contributed by atoms with E-state index in [4.69, 9.17) is 5.73 Å². The molecule has 1 saturated heterocycles. The minimum Gasteiger partial charge on any atom is -0.320 e. The van der Waals surface area contributed by atoms with Gasteiger partial charge in [0, 0.05) is 17.7 Å². The molecule has 1 atom stereocenters. The van der Waals surface area contributed by atoms with E-state index in [1.54, 1.807) is 6.20 Å². The average molecular weight is 222 g/mol. The van der Waals surface area contributed by atoms with Crippen LogP contribution in [0.5, 0.6) is 0 Å². The van der Waals surface area contributed by atoms with Crippen LogP contribution in [0.1, 0.15) is 24.1 Å². The quantitative estimate of drug-likeness (QED) is 0.672. The number of nitrogens with two attached hydrogens (primary N) is 1. The van der Waals surface area contributed by atoms with Gasteiger partial charge in [-0.05, 0) is 13.3 Å². The zero-order chi connectivity index (χ0) is 11.7. The maximum Gasteiger partial charge on any atom is 0.246 e. The molecule has 0 aromatic carbocycles. The second-order valence-corrected chi connectivity index (χ2v) is 3.98. The molecular weight excluding hydrogens is 208 g/mol. The predicted molar refractivity (Wildman–Crippen MR) is 56.1 cm³/mol. The first-order chi connectivity index (χ1) is 7.59. The minimum atomic E-state index is -0.551. The van der Waals surface area contributed by atoms with Crippen molar-refractivity contribution in [2.24, 2.45) is 5.73 Å². The molecule has 0 spiro atoms. The van der Waals surface area contributed by atoms with E-state index in [-0.39, 0.29) is 18.4 Å². The standard InChI is InChI=1S/C10H14N4O2/c1-6-7(4-12-13-6)5-14-9(15)3-2-8(11)10(14)16/h4,8H,2-3,5,11H2,1H3,(H,12,13)/t8-/m0/s1. The predicted octanol–water partition coefficient (Wildman–Crippen LogP) is -0.306. The first-order valence-corrected chi connectivity index (χ1v) is 5.18. The molecular formula is C10H14N4O2. The Morgan fingerprint density at radius 2 is 2.38 bits per heavy atom. The summed E-state index contributed by atoms with van der Waals surface area (Å²) in [5.41, 5.74) is 7.34. The van der Waals surface area contributed by atoms with Crippen LogP contribution < -0.4 is 5.73 Å². The Hall–Kier alpha value is -1.69. The molecule has 1 aromatic rings. The summed E-state index contributed by atoms with van der Waals surface area (Å²) in [7, 11) is 0. The van der Waals surface area contributed by atoms with Crippen LogP contribution in [-0.2, 0) is 16.1 Å². The highest BCUT2D eigenvalue weighted by molar-refractivity contribution is 6.00. The van der Waals surface area contributed by atoms with Gasteiger partial charge in [-0.1, -0.05) is 0 Å². The third-order valence-electron chi connectivity index (χ3n) is 2.82. The van der Waals surface area contributed by atoms with E-state index < -0.39 is 6.04 Å². The molecule has 86 valence electrons. The van der Waals surface area contributed by atoms with E-state index in [9.17, 15) is 9.59 Å². The summed E-state index contributed by atoms with van der Waals surface area (Å²) in [5.74, 6) is -0.454. The van der Waals surface area contributed by atoms with E-state index >= 15 is 0 Å². The lowest BCUT2D eigenvalue weighted by molar-refractivity contribution is -0.149. The Morgan fingerprint density at radius 1 is 1.62 bits per heavy atom. The first-order valence-electron chi connectivity index (χ1n) is 5.18. The van der Waals surface area contributed by atoms with Crippen molar-refractivity contribution in [3.05, 3.63) is 17.5 Å². The summed E-state index contributed by atoms with van der Waals surface area (Å²) in [6, 6.07) is -0.551. The van der Waals surface area contributed by atoms with Gasteiger partial charge in [0.25, 0.3) is 0 Å². The minimum absolute atomic E-state index is 0.160. The molecule has 16 heavy (non-hydrogen) atoms. The van der Waals surface area contributed by atoms with Crippen LogP contribution in [0.3, 0.4) is 0 Å². The van der Waals surface area contributed by atoms with Gasteiger partial charge in [0.05, 0.1) is 18.8 Å². The lowest BCUT2D eigenvalue weighted by Crippen LogP contribution is -2.50. The molecule has 6 heteroatoms. The number of imide groups is 1. The second kappa shape index (κ2) is 4.05. The van der Waals surface area contributed by atoms with Crippen LogP contribution >= 0.6 is 0 Å². The van der Waals surface area contributed by atoms with Gasteiger partial charge in [-0.25, -0.2) is 0 Å². The van der Waals surface area contributed by atoms with Crippen molar-refractivity contribution in [3.63, 3.8) is 0 Å². The number of nitrogens with one attached hydrogen (secondary N) is 1. The molecule has 0 bridgehead atoms. The van der Waals surface area contributed by atoms with Crippen LogP contribution in [-0.4, -0.2) is 33.0 Å². The number of hydrogen-bond acceptors (Lipinski definition) is 4. The maximum absolute atomic E-state index is 11.7. The number of carbonyl (C=O) groups excluding carboxylic acids is 2. The van der Waals surface area contributed by atoms with Crippen molar-refractivity contribution in [1.29, 1.82) is 0 Å². The Kier molecular flexibility index (Phi) is 2.74. The van der Waals surface area contributed by atoms with Gasteiger partial charge in [0.1, 0.15) is 0 Å². The van der Waals surface area contributed by atoms with E-state index in [1.807, 2.05) is 6.92 Å². The Bertz CT molecular complexity index is 426. The summed E-state index contributed by atoms with van der Waals surface area (Å²) in [6.45, 7) is 2.11. The average Bonchev–Trinajstić information content (AvgIpc) is 2.65. The Balaban J connectivity index is 2.16. The van der Waals surface area contributed by atoms with Gasteiger partial charge in [-0.3, -0.25) is 19.6 Å². The zero-order valence-electron chi connectivity index (χ0n) is 9.06. The lowest BCUT2D eigenvalue weighted by atomic mass is 10.0. The molecule has 2 rings (SSSR count). The van der Waals surface area contributed by atoms with E-state index in [2.05, 4.69) is 10.2 Å². The number of carbonyl (C=O) groups is 2. The molecule has 0 unspecified atom stereocenters. The smallest absolute Gasteiger partial charge is 0.246 e. The number of rotatable bonds is 2. The van der Waals surface area contributed by atoms with Gasteiger partial charge < -0.3 is 5.73 Å². The Labute approximate surface area is 92.8 Å². The third kappa shape index (κ3) is 1.83. The van der Waals surface area contributed by atoms with Crippen molar-refractivity contribution in [2.75, 3.05) is 0 Å². The van der Waals surface area contributed by atoms with Gasteiger partial charge in [0.15, 0.2) is 0 Å². The summed E-state index contributed by atoms with van der Waals surface area (Å²) in [4.78, 5) is 24.5. The normalized spacial score (nSPS) is 21.6. The van der Waals surface area contributed by atoms with Crippen LogP contribution in [0, 0.1) is 6.92 Å². The maximum atomic E-state index is 11.7. The molecule has 3 N–H and O–H groups in total. The number of likely N-dealkylation sites (tertiary alicyclic amines) is 1. The number of aromatic amines is 1. The summed E-state index contributed by atoms with van der Waals surface area (Å²) >= 11 is 0. The monoisotopic (exact) mass is 222 g/mol. The van der Waals surface area contributed by atoms with Crippen molar-refractivity contribution >= 4 is 11.8 Å². The number of H-pyrrole nitrogens is 1. The molecule has 0 radical (unpaired) electrons. The summed E-state index contributed by atoms with van der Waals surface area (Å²) < 4.78 is 0. The van der Waals surface area contributed by atoms with Gasteiger partial charge in [-0.15, -0.1) is 0 Å². The van der Waals surface area contributed by atoms with Gasteiger partial charge >= 0.3 is 0 Å². The van der Waals surface area contributed by atoms with Crippen molar-refractivity contribution in [3.8, 4) is 0 Å².